The van der Waals surface area contributed by atoms with Gasteiger partial charge < -0.3 is 10.1 Å². The molecule has 160 valence electrons. The lowest BCUT2D eigenvalue weighted by molar-refractivity contribution is -0.123. The third-order valence-corrected chi connectivity index (χ3v) is 6.51. The summed E-state index contributed by atoms with van der Waals surface area (Å²) in [6.45, 7) is 1.28. The Morgan fingerprint density at radius 2 is 1.83 bits per heavy atom. The average molecular weight is 475 g/mol. The zero-order valence-electron chi connectivity index (χ0n) is 15.6. The van der Waals surface area contributed by atoms with Crippen molar-refractivity contribution in [3.63, 3.8) is 0 Å². The average Bonchev–Trinajstić information content (AvgIpc) is 3.46. The lowest BCUT2D eigenvalue weighted by Crippen LogP contribution is -2.30. The first-order chi connectivity index (χ1) is 14.1. The van der Waals surface area contributed by atoms with Gasteiger partial charge in [0.25, 0.3) is 5.91 Å². The summed E-state index contributed by atoms with van der Waals surface area (Å²) in [6, 6.07) is 7.45. The van der Waals surface area contributed by atoms with Gasteiger partial charge in [-0.3, -0.25) is 4.79 Å². The molecule has 1 unspecified atom stereocenters. The number of rotatable bonds is 7. The van der Waals surface area contributed by atoms with E-state index < -0.39 is 33.8 Å². The van der Waals surface area contributed by atoms with Gasteiger partial charge in [-0.15, -0.1) is 0 Å². The van der Waals surface area contributed by atoms with E-state index in [9.17, 15) is 22.4 Å². The van der Waals surface area contributed by atoms with Crippen LogP contribution in [0.2, 0.25) is 10.0 Å². The summed E-state index contributed by atoms with van der Waals surface area (Å²) < 4.78 is 46.1. The molecule has 0 heterocycles. The van der Waals surface area contributed by atoms with Crippen molar-refractivity contribution in [2.24, 2.45) is 0 Å². The highest BCUT2D eigenvalue weighted by atomic mass is 35.5. The molecule has 30 heavy (non-hydrogen) atoms. The van der Waals surface area contributed by atoms with Gasteiger partial charge in [0.2, 0.25) is 10.0 Å². The van der Waals surface area contributed by atoms with Crippen LogP contribution in [0.1, 0.15) is 30.1 Å². The Bertz CT molecular complexity index is 1110. The molecule has 0 spiro atoms. The first-order valence-corrected chi connectivity index (χ1v) is 11.1. The number of ether oxygens (including phenoxy) is 1. The van der Waals surface area contributed by atoms with Crippen molar-refractivity contribution >= 4 is 50.8 Å². The van der Waals surface area contributed by atoms with Crippen LogP contribution in [0.15, 0.2) is 41.3 Å². The van der Waals surface area contributed by atoms with Crippen molar-refractivity contribution in [1.82, 2.24) is 4.72 Å². The molecule has 0 bridgehead atoms. The van der Waals surface area contributed by atoms with Crippen molar-refractivity contribution < 1.29 is 27.1 Å². The number of carbonyl (C=O) groups excluding carboxylic acids is 2. The number of halogens is 3. The molecule has 0 saturated heterocycles. The summed E-state index contributed by atoms with van der Waals surface area (Å²) in [5.74, 6) is -2.46. The number of esters is 1. The van der Waals surface area contributed by atoms with Gasteiger partial charge in [-0.25, -0.2) is 22.3 Å². The maximum atomic E-state index is 13.7. The van der Waals surface area contributed by atoms with Gasteiger partial charge in [0.15, 0.2) is 6.10 Å². The fraction of sp³-hybridized carbons (Fsp3) is 0.263. The molecule has 2 N–H and O–H groups in total. The molecular weight excluding hydrogens is 458 g/mol. The maximum absolute atomic E-state index is 13.7. The van der Waals surface area contributed by atoms with E-state index in [1.807, 2.05) is 0 Å². The van der Waals surface area contributed by atoms with Gasteiger partial charge >= 0.3 is 5.97 Å². The minimum Gasteiger partial charge on any atom is -0.449 e. The zero-order chi connectivity index (χ0) is 22.1. The Kier molecular flexibility index (Phi) is 6.66. The third-order valence-electron chi connectivity index (χ3n) is 4.21. The molecule has 1 saturated carbocycles. The quantitative estimate of drug-likeness (QED) is 0.594. The van der Waals surface area contributed by atoms with Crippen LogP contribution in [0, 0.1) is 5.82 Å². The number of amides is 1. The van der Waals surface area contributed by atoms with E-state index in [1.54, 1.807) is 0 Å². The fourth-order valence-electron chi connectivity index (χ4n) is 2.45. The highest BCUT2D eigenvalue weighted by Crippen LogP contribution is 2.31. The highest BCUT2D eigenvalue weighted by Gasteiger charge is 2.31. The van der Waals surface area contributed by atoms with Crippen LogP contribution in [0.25, 0.3) is 0 Å². The van der Waals surface area contributed by atoms with E-state index in [0.717, 1.165) is 18.2 Å². The number of para-hydroxylation sites is 1. The van der Waals surface area contributed by atoms with E-state index >= 15 is 0 Å². The lowest BCUT2D eigenvalue weighted by atomic mass is 10.2. The van der Waals surface area contributed by atoms with Gasteiger partial charge in [-0.1, -0.05) is 35.3 Å². The van der Waals surface area contributed by atoms with Gasteiger partial charge in [-0.05, 0) is 44.0 Å². The normalized spacial score (nSPS) is 14.8. The monoisotopic (exact) mass is 474 g/mol. The van der Waals surface area contributed by atoms with Crippen LogP contribution in [-0.2, 0) is 19.6 Å². The van der Waals surface area contributed by atoms with Crippen molar-refractivity contribution in [3.05, 3.63) is 57.8 Å². The van der Waals surface area contributed by atoms with Crippen molar-refractivity contribution in [2.75, 3.05) is 5.32 Å². The van der Waals surface area contributed by atoms with Crippen molar-refractivity contribution in [3.8, 4) is 0 Å². The molecule has 2 aromatic rings. The van der Waals surface area contributed by atoms with E-state index in [4.69, 9.17) is 27.9 Å². The first kappa shape index (κ1) is 22.5. The summed E-state index contributed by atoms with van der Waals surface area (Å²) in [5, 5.41) is 2.00. The molecule has 1 aliphatic carbocycles. The minimum absolute atomic E-state index is 0.0746. The van der Waals surface area contributed by atoms with Crippen LogP contribution >= 0.6 is 23.2 Å². The predicted octanol–water partition coefficient (Wildman–Crippen LogP) is 3.76. The van der Waals surface area contributed by atoms with Crippen LogP contribution in [-0.4, -0.2) is 32.4 Å². The molecule has 1 atom stereocenters. The number of sulfonamides is 1. The Morgan fingerprint density at radius 1 is 1.17 bits per heavy atom. The molecule has 2 aromatic carbocycles. The summed E-state index contributed by atoms with van der Waals surface area (Å²) in [7, 11) is -3.96. The van der Waals surface area contributed by atoms with Crippen LogP contribution in [0.3, 0.4) is 0 Å². The number of hydrogen-bond donors (Lipinski definition) is 2. The molecule has 0 aromatic heterocycles. The topological polar surface area (TPSA) is 102 Å². The van der Waals surface area contributed by atoms with Gasteiger partial charge in [0.05, 0.1) is 21.3 Å². The Labute approximate surface area is 182 Å². The second kappa shape index (κ2) is 8.89. The first-order valence-electron chi connectivity index (χ1n) is 8.86. The lowest BCUT2D eigenvalue weighted by Gasteiger charge is -2.15. The molecule has 1 amide bonds. The highest BCUT2D eigenvalue weighted by molar-refractivity contribution is 7.89. The molecule has 0 aliphatic heterocycles. The van der Waals surface area contributed by atoms with Gasteiger partial charge in [-0.2, -0.15) is 0 Å². The number of benzene rings is 2. The van der Waals surface area contributed by atoms with E-state index in [1.165, 1.54) is 25.1 Å². The summed E-state index contributed by atoms with van der Waals surface area (Å²) in [5.41, 5.74) is -0.350. The van der Waals surface area contributed by atoms with Gasteiger partial charge in [0.1, 0.15) is 10.7 Å². The fourth-order valence-corrected chi connectivity index (χ4v) is 4.61. The zero-order valence-corrected chi connectivity index (χ0v) is 17.9. The molecular formula is C19H17Cl2FN2O5S. The maximum Gasteiger partial charge on any atom is 0.340 e. The smallest absolute Gasteiger partial charge is 0.340 e. The van der Waals surface area contributed by atoms with E-state index in [2.05, 4.69) is 10.0 Å². The summed E-state index contributed by atoms with van der Waals surface area (Å²) in [4.78, 5) is 24.4. The van der Waals surface area contributed by atoms with Crippen LogP contribution in [0.4, 0.5) is 10.1 Å². The standard InChI is InChI=1S/C19H17Cl2FN2O5S/c1-10(18(25)23-16-5-3-2-4-15(16)22)29-19(26)12-8-17(14(21)9-13(12)20)30(27,28)24-11-6-7-11/h2-5,8-11,24H,6-7H2,1H3,(H,23,25). The van der Waals surface area contributed by atoms with Gasteiger partial charge in [0, 0.05) is 6.04 Å². The Balaban J connectivity index is 1.76. The second-order valence-electron chi connectivity index (χ2n) is 6.67. The molecule has 0 radical (unpaired) electrons. The SMILES string of the molecule is CC(OC(=O)c1cc(S(=O)(=O)NC2CC2)c(Cl)cc1Cl)C(=O)Nc1ccccc1F. The Morgan fingerprint density at radius 3 is 2.47 bits per heavy atom. The van der Waals surface area contributed by atoms with Crippen molar-refractivity contribution in [1.29, 1.82) is 0 Å². The van der Waals surface area contributed by atoms with E-state index in [-0.39, 0.29) is 32.2 Å². The number of carbonyl (C=O) groups is 2. The van der Waals surface area contributed by atoms with Crippen LogP contribution < -0.4 is 10.0 Å². The van der Waals surface area contributed by atoms with Crippen molar-refractivity contribution in [2.45, 2.75) is 36.8 Å². The molecule has 7 nitrogen and oxygen atoms in total. The summed E-state index contributed by atoms with van der Waals surface area (Å²) >= 11 is 12.0. The van der Waals surface area contributed by atoms with E-state index in [0.29, 0.717) is 12.8 Å². The molecule has 1 aliphatic rings. The molecule has 11 heteroatoms. The number of nitrogens with one attached hydrogen (secondary N) is 2. The predicted molar refractivity (Wildman–Crippen MR) is 110 cm³/mol. The third kappa shape index (κ3) is 5.28. The molecule has 3 rings (SSSR count). The van der Waals surface area contributed by atoms with Crippen LogP contribution in [0.5, 0.6) is 0 Å². The molecule has 1 fully saturated rings. The number of anilines is 1. The second-order valence-corrected chi connectivity index (χ2v) is 9.17. The summed E-state index contributed by atoms with van der Waals surface area (Å²) in [6.07, 6.45) is 0.121. The Hall–Kier alpha value is -2.20. The minimum atomic E-state index is -3.96. The number of hydrogen-bond acceptors (Lipinski definition) is 5. The largest absolute Gasteiger partial charge is 0.449 e.